The number of rotatable bonds is 7. The highest BCUT2D eigenvalue weighted by atomic mass is 16.5. The second-order valence-electron chi connectivity index (χ2n) is 5.57. The van der Waals surface area contributed by atoms with Crippen LogP contribution in [-0.2, 0) is 16.0 Å². The van der Waals surface area contributed by atoms with Gasteiger partial charge in [0, 0.05) is 13.5 Å². The number of hydrogen-bond acceptors (Lipinski definition) is 4. The smallest absolute Gasteiger partial charge is 0.237 e. The largest absolute Gasteiger partial charge is 0.490 e. The normalized spacial score (nSPS) is 25.0. The van der Waals surface area contributed by atoms with Gasteiger partial charge in [-0.3, -0.25) is 4.79 Å². The monoisotopic (exact) mass is 292 g/mol. The molecule has 1 aromatic rings. The van der Waals surface area contributed by atoms with Gasteiger partial charge in [-0.2, -0.15) is 0 Å². The minimum Gasteiger partial charge on any atom is -0.490 e. The summed E-state index contributed by atoms with van der Waals surface area (Å²) in [6.07, 6.45) is 3.08. The number of likely N-dealkylation sites (N-methyl/N-ethyl adjacent to an activating group) is 1. The molecule has 3 N–H and O–H groups in total. The predicted molar refractivity (Wildman–Crippen MR) is 81.3 cm³/mol. The van der Waals surface area contributed by atoms with Gasteiger partial charge < -0.3 is 20.5 Å². The number of nitrogens with one attached hydrogen (secondary N) is 1. The molecule has 0 heterocycles. The van der Waals surface area contributed by atoms with Gasteiger partial charge in [0.15, 0.2) is 0 Å². The van der Waals surface area contributed by atoms with Gasteiger partial charge >= 0.3 is 0 Å². The first kappa shape index (κ1) is 15.8. The quantitative estimate of drug-likeness (QED) is 0.793. The van der Waals surface area contributed by atoms with E-state index in [-0.39, 0.29) is 12.0 Å². The molecule has 5 nitrogen and oxygen atoms in total. The van der Waals surface area contributed by atoms with Crippen molar-refractivity contribution in [1.29, 1.82) is 0 Å². The molecule has 2 rings (SSSR count). The molecule has 1 saturated carbocycles. The van der Waals surface area contributed by atoms with Crippen molar-refractivity contribution >= 4 is 5.91 Å². The van der Waals surface area contributed by atoms with Crippen molar-refractivity contribution in [3.05, 3.63) is 29.8 Å². The molecule has 1 aliphatic carbocycles. The summed E-state index contributed by atoms with van der Waals surface area (Å²) in [4.78, 5) is 11.6. The molecule has 21 heavy (non-hydrogen) atoms. The minimum absolute atomic E-state index is 0.0229. The van der Waals surface area contributed by atoms with Crippen molar-refractivity contribution in [3.63, 3.8) is 0 Å². The zero-order valence-corrected chi connectivity index (χ0v) is 12.7. The van der Waals surface area contributed by atoms with Crippen molar-refractivity contribution in [2.75, 3.05) is 20.8 Å². The van der Waals surface area contributed by atoms with Crippen LogP contribution in [0.3, 0.4) is 0 Å². The van der Waals surface area contributed by atoms with Gasteiger partial charge in [-0.25, -0.2) is 0 Å². The maximum atomic E-state index is 11.6. The molecule has 5 heteroatoms. The molecule has 1 fully saturated rings. The first-order valence-electron chi connectivity index (χ1n) is 7.33. The SMILES string of the molecule is CNC1(C(N)=O)CCC(Oc2ccc(CCOC)cc2)C1. The third-order valence-corrected chi connectivity index (χ3v) is 4.24. The molecular formula is C16H24N2O3. The average Bonchev–Trinajstić information content (AvgIpc) is 2.91. The molecule has 1 amide bonds. The number of hydrogen-bond donors (Lipinski definition) is 2. The molecule has 0 aliphatic heterocycles. The molecule has 0 radical (unpaired) electrons. The molecule has 0 bridgehead atoms. The van der Waals surface area contributed by atoms with E-state index in [4.69, 9.17) is 15.2 Å². The number of amides is 1. The summed E-state index contributed by atoms with van der Waals surface area (Å²) in [5.41, 5.74) is 6.09. The number of methoxy groups -OCH3 is 1. The van der Waals surface area contributed by atoms with Gasteiger partial charge in [0.1, 0.15) is 17.4 Å². The van der Waals surface area contributed by atoms with Crippen molar-refractivity contribution in [3.8, 4) is 5.75 Å². The third kappa shape index (κ3) is 3.74. The summed E-state index contributed by atoms with van der Waals surface area (Å²) in [5, 5.41) is 3.06. The minimum atomic E-state index is -0.622. The van der Waals surface area contributed by atoms with Crippen molar-refractivity contribution < 1.29 is 14.3 Å². The Bertz CT molecular complexity index is 475. The van der Waals surface area contributed by atoms with E-state index in [9.17, 15) is 4.79 Å². The van der Waals surface area contributed by atoms with Crippen LogP contribution in [0.25, 0.3) is 0 Å². The number of carbonyl (C=O) groups is 1. The van der Waals surface area contributed by atoms with Gasteiger partial charge in [0.2, 0.25) is 5.91 Å². The fourth-order valence-corrected chi connectivity index (χ4v) is 2.82. The molecule has 1 aromatic carbocycles. The second kappa shape index (κ2) is 6.91. The summed E-state index contributed by atoms with van der Waals surface area (Å²) in [5.74, 6) is 0.531. The molecule has 2 unspecified atom stereocenters. The van der Waals surface area contributed by atoms with Crippen molar-refractivity contribution in [1.82, 2.24) is 5.32 Å². The first-order chi connectivity index (χ1) is 10.1. The zero-order chi connectivity index (χ0) is 15.3. The van der Waals surface area contributed by atoms with E-state index < -0.39 is 5.54 Å². The fraction of sp³-hybridized carbons (Fsp3) is 0.562. The van der Waals surface area contributed by atoms with E-state index in [1.807, 2.05) is 24.3 Å². The molecule has 2 atom stereocenters. The van der Waals surface area contributed by atoms with Crippen LogP contribution in [0.4, 0.5) is 0 Å². The summed E-state index contributed by atoms with van der Waals surface area (Å²) >= 11 is 0. The lowest BCUT2D eigenvalue weighted by atomic mass is 9.97. The predicted octanol–water partition coefficient (Wildman–Crippen LogP) is 1.25. The van der Waals surface area contributed by atoms with Crippen LogP contribution in [0, 0.1) is 0 Å². The average molecular weight is 292 g/mol. The second-order valence-corrected chi connectivity index (χ2v) is 5.57. The van der Waals surface area contributed by atoms with E-state index in [2.05, 4.69) is 5.32 Å². The van der Waals surface area contributed by atoms with Gasteiger partial charge in [-0.1, -0.05) is 12.1 Å². The Kier molecular flexibility index (Phi) is 5.20. The highest BCUT2D eigenvalue weighted by Gasteiger charge is 2.43. The Balaban J connectivity index is 1.92. The standard InChI is InChI=1S/C16H24N2O3/c1-18-16(15(17)19)9-7-14(11-16)21-13-5-3-12(4-6-13)8-10-20-2/h3-6,14,18H,7-11H2,1-2H3,(H2,17,19). The Hall–Kier alpha value is -1.59. The number of benzene rings is 1. The van der Waals surface area contributed by atoms with Gasteiger partial charge in [0.25, 0.3) is 0 Å². The number of ether oxygens (including phenoxy) is 2. The Morgan fingerprint density at radius 3 is 2.67 bits per heavy atom. The summed E-state index contributed by atoms with van der Waals surface area (Å²) in [6, 6.07) is 8.02. The molecule has 0 aromatic heterocycles. The Morgan fingerprint density at radius 2 is 2.14 bits per heavy atom. The van der Waals surface area contributed by atoms with E-state index in [1.54, 1.807) is 14.2 Å². The highest BCUT2D eigenvalue weighted by Crippen LogP contribution is 2.32. The highest BCUT2D eigenvalue weighted by molar-refractivity contribution is 5.85. The first-order valence-corrected chi connectivity index (χ1v) is 7.33. The van der Waals surface area contributed by atoms with Crippen LogP contribution in [0.2, 0.25) is 0 Å². The Labute approximate surface area is 125 Å². The van der Waals surface area contributed by atoms with Crippen LogP contribution in [0.1, 0.15) is 24.8 Å². The van der Waals surface area contributed by atoms with Crippen molar-refractivity contribution in [2.45, 2.75) is 37.3 Å². The van der Waals surface area contributed by atoms with E-state index >= 15 is 0 Å². The lowest BCUT2D eigenvalue weighted by Crippen LogP contribution is -2.52. The summed E-state index contributed by atoms with van der Waals surface area (Å²) < 4.78 is 11.0. The maximum Gasteiger partial charge on any atom is 0.237 e. The van der Waals surface area contributed by atoms with Crippen LogP contribution in [-0.4, -0.2) is 38.3 Å². The summed E-state index contributed by atoms with van der Waals surface area (Å²) in [7, 11) is 3.47. The van der Waals surface area contributed by atoms with Crippen LogP contribution in [0.15, 0.2) is 24.3 Å². The van der Waals surface area contributed by atoms with Gasteiger partial charge in [-0.05, 0) is 44.0 Å². The number of carbonyl (C=O) groups excluding carboxylic acids is 1. The molecule has 116 valence electrons. The van der Waals surface area contributed by atoms with E-state index in [0.717, 1.165) is 25.0 Å². The van der Waals surface area contributed by atoms with E-state index in [1.165, 1.54) is 5.56 Å². The number of primary amides is 1. The molecular weight excluding hydrogens is 268 g/mol. The molecule has 1 aliphatic rings. The summed E-state index contributed by atoms with van der Waals surface area (Å²) in [6.45, 7) is 0.714. The third-order valence-electron chi connectivity index (χ3n) is 4.24. The Morgan fingerprint density at radius 1 is 1.43 bits per heavy atom. The lowest BCUT2D eigenvalue weighted by molar-refractivity contribution is -0.124. The van der Waals surface area contributed by atoms with Crippen LogP contribution in [0.5, 0.6) is 5.75 Å². The van der Waals surface area contributed by atoms with Gasteiger partial charge in [0.05, 0.1) is 6.61 Å². The van der Waals surface area contributed by atoms with Gasteiger partial charge in [-0.15, -0.1) is 0 Å². The van der Waals surface area contributed by atoms with Crippen molar-refractivity contribution in [2.24, 2.45) is 5.73 Å². The topological polar surface area (TPSA) is 73.6 Å². The maximum absolute atomic E-state index is 11.6. The van der Waals surface area contributed by atoms with Crippen LogP contribution < -0.4 is 15.8 Å². The molecule has 0 spiro atoms. The zero-order valence-electron chi connectivity index (χ0n) is 12.7. The number of nitrogens with two attached hydrogens (primary N) is 1. The van der Waals surface area contributed by atoms with E-state index in [0.29, 0.717) is 13.0 Å². The van der Waals surface area contributed by atoms with Crippen LogP contribution >= 0.6 is 0 Å². The lowest BCUT2D eigenvalue weighted by Gasteiger charge is -2.24. The fourth-order valence-electron chi connectivity index (χ4n) is 2.82. The molecule has 0 saturated heterocycles.